The molecule has 0 aliphatic carbocycles. The Kier molecular flexibility index (Phi) is 4.88. The van der Waals surface area contributed by atoms with E-state index in [1.807, 2.05) is 12.1 Å². The highest BCUT2D eigenvalue weighted by atomic mass is 15.1. The van der Waals surface area contributed by atoms with E-state index in [0.717, 1.165) is 30.8 Å². The maximum absolute atomic E-state index is 4.65. The standard InChI is InChI=1S/C16H23N3/c1-13(2)19(3)11-10-17-12-15-9-8-14-6-4-5-7-16(14)18-15/h4-9,13,17H,10-12H2,1-3H3. The molecule has 102 valence electrons. The van der Waals surface area contributed by atoms with Crippen LogP contribution in [0.15, 0.2) is 36.4 Å². The first-order valence-corrected chi connectivity index (χ1v) is 6.92. The second kappa shape index (κ2) is 6.64. The summed E-state index contributed by atoms with van der Waals surface area (Å²) in [6, 6.07) is 13.1. The normalized spacial score (nSPS) is 11.6. The van der Waals surface area contributed by atoms with Crippen molar-refractivity contribution in [3.63, 3.8) is 0 Å². The molecular formula is C16H23N3. The Morgan fingerprint density at radius 3 is 2.74 bits per heavy atom. The first-order valence-electron chi connectivity index (χ1n) is 6.92. The minimum absolute atomic E-state index is 0.598. The van der Waals surface area contributed by atoms with Crippen molar-refractivity contribution < 1.29 is 0 Å². The molecule has 0 unspecified atom stereocenters. The van der Waals surface area contributed by atoms with Crippen LogP contribution in [0.25, 0.3) is 10.9 Å². The molecule has 19 heavy (non-hydrogen) atoms. The molecule has 0 bridgehead atoms. The molecule has 3 nitrogen and oxygen atoms in total. The van der Waals surface area contributed by atoms with E-state index in [9.17, 15) is 0 Å². The smallest absolute Gasteiger partial charge is 0.0705 e. The Morgan fingerprint density at radius 2 is 1.95 bits per heavy atom. The number of rotatable bonds is 6. The fourth-order valence-corrected chi connectivity index (χ4v) is 1.94. The van der Waals surface area contributed by atoms with E-state index < -0.39 is 0 Å². The van der Waals surface area contributed by atoms with Gasteiger partial charge in [0.15, 0.2) is 0 Å². The van der Waals surface area contributed by atoms with Crippen LogP contribution in [0.5, 0.6) is 0 Å². The summed E-state index contributed by atoms with van der Waals surface area (Å²) in [6.07, 6.45) is 0. The lowest BCUT2D eigenvalue weighted by Crippen LogP contribution is -2.33. The summed E-state index contributed by atoms with van der Waals surface area (Å²) in [5.74, 6) is 0. The lowest BCUT2D eigenvalue weighted by Gasteiger charge is -2.20. The fourth-order valence-electron chi connectivity index (χ4n) is 1.94. The van der Waals surface area contributed by atoms with Crippen LogP contribution >= 0.6 is 0 Å². The number of fused-ring (bicyclic) bond motifs is 1. The molecule has 0 fully saturated rings. The molecule has 3 heteroatoms. The van der Waals surface area contributed by atoms with Crippen molar-refractivity contribution in [3.05, 3.63) is 42.1 Å². The molecular weight excluding hydrogens is 234 g/mol. The average molecular weight is 257 g/mol. The number of hydrogen-bond donors (Lipinski definition) is 1. The maximum Gasteiger partial charge on any atom is 0.0705 e. The largest absolute Gasteiger partial charge is 0.310 e. The van der Waals surface area contributed by atoms with E-state index >= 15 is 0 Å². The van der Waals surface area contributed by atoms with Crippen LogP contribution in [0.2, 0.25) is 0 Å². The van der Waals surface area contributed by atoms with Gasteiger partial charge in [-0.3, -0.25) is 4.98 Å². The zero-order valence-electron chi connectivity index (χ0n) is 12.1. The lowest BCUT2D eigenvalue weighted by atomic mass is 10.2. The number of hydrogen-bond acceptors (Lipinski definition) is 3. The van der Waals surface area contributed by atoms with E-state index in [2.05, 4.69) is 60.4 Å². The minimum Gasteiger partial charge on any atom is -0.310 e. The summed E-state index contributed by atoms with van der Waals surface area (Å²) in [7, 11) is 2.15. The molecule has 0 saturated carbocycles. The highest BCUT2D eigenvalue weighted by Crippen LogP contribution is 2.11. The van der Waals surface area contributed by atoms with Gasteiger partial charge in [0.05, 0.1) is 11.2 Å². The highest BCUT2D eigenvalue weighted by molar-refractivity contribution is 5.78. The number of pyridine rings is 1. The molecule has 0 aliphatic rings. The number of benzene rings is 1. The Labute approximate surface area is 115 Å². The van der Waals surface area contributed by atoms with Crippen LogP contribution in [0, 0.1) is 0 Å². The molecule has 1 aromatic heterocycles. The Bertz CT molecular complexity index is 522. The molecule has 0 atom stereocenters. The maximum atomic E-state index is 4.65. The third-order valence-corrected chi connectivity index (χ3v) is 3.49. The quantitative estimate of drug-likeness (QED) is 0.806. The Balaban J connectivity index is 1.85. The van der Waals surface area contributed by atoms with Crippen LogP contribution < -0.4 is 5.32 Å². The van der Waals surface area contributed by atoms with Crippen molar-refractivity contribution in [3.8, 4) is 0 Å². The van der Waals surface area contributed by atoms with Gasteiger partial charge in [0, 0.05) is 31.1 Å². The predicted molar refractivity (Wildman–Crippen MR) is 81.2 cm³/mol. The van der Waals surface area contributed by atoms with Crippen LogP contribution in [0.1, 0.15) is 19.5 Å². The van der Waals surface area contributed by atoms with Crippen molar-refractivity contribution in [1.29, 1.82) is 0 Å². The van der Waals surface area contributed by atoms with Crippen molar-refractivity contribution in [2.24, 2.45) is 0 Å². The van der Waals surface area contributed by atoms with Gasteiger partial charge in [-0.15, -0.1) is 0 Å². The summed E-state index contributed by atoms with van der Waals surface area (Å²) in [6.45, 7) is 7.31. The van der Waals surface area contributed by atoms with E-state index in [1.54, 1.807) is 0 Å². The van der Waals surface area contributed by atoms with Gasteiger partial charge in [-0.05, 0) is 33.0 Å². The van der Waals surface area contributed by atoms with Gasteiger partial charge in [0.2, 0.25) is 0 Å². The Morgan fingerprint density at radius 1 is 1.16 bits per heavy atom. The van der Waals surface area contributed by atoms with Crippen molar-refractivity contribution in [1.82, 2.24) is 15.2 Å². The summed E-state index contributed by atoms with van der Waals surface area (Å²) in [4.78, 5) is 6.99. The molecule has 2 aromatic rings. The first kappa shape index (κ1) is 14.0. The lowest BCUT2D eigenvalue weighted by molar-refractivity contribution is 0.273. The SMILES string of the molecule is CC(C)N(C)CCNCc1ccc2ccccc2n1. The van der Waals surface area contributed by atoms with Gasteiger partial charge in [-0.1, -0.05) is 24.3 Å². The van der Waals surface area contributed by atoms with E-state index in [-0.39, 0.29) is 0 Å². The Hall–Kier alpha value is -1.45. The van der Waals surface area contributed by atoms with E-state index in [4.69, 9.17) is 0 Å². The van der Waals surface area contributed by atoms with Crippen LogP contribution in [0.3, 0.4) is 0 Å². The molecule has 2 rings (SSSR count). The van der Waals surface area contributed by atoms with Crippen LogP contribution in [0.4, 0.5) is 0 Å². The van der Waals surface area contributed by atoms with E-state index in [1.165, 1.54) is 5.39 Å². The topological polar surface area (TPSA) is 28.2 Å². The zero-order chi connectivity index (χ0) is 13.7. The summed E-state index contributed by atoms with van der Waals surface area (Å²) >= 11 is 0. The summed E-state index contributed by atoms with van der Waals surface area (Å²) in [5.41, 5.74) is 2.17. The van der Waals surface area contributed by atoms with Crippen molar-refractivity contribution >= 4 is 10.9 Å². The molecule has 1 aromatic carbocycles. The number of nitrogens with zero attached hydrogens (tertiary/aromatic N) is 2. The third kappa shape index (κ3) is 4.01. The number of nitrogens with one attached hydrogen (secondary N) is 1. The molecule has 0 spiro atoms. The molecule has 1 N–H and O–H groups in total. The van der Waals surface area contributed by atoms with E-state index in [0.29, 0.717) is 6.04 Å². The second-order valence-electron chi connectivity index (χ2n) is 5.25. The first-order chi connectivity index (χ1) is 9.16. The molecule has 0 aliphatic heterocycles. The molecule has 0 saturated heterocycles. The molecule has 0 radical (unpaired) electrons. The predicted octanol–water partition coefficient (Wildman–Crippen LogP) is 2.66. The zero-order valence-corrected chi connectivity index (χ0v) is 12.1. The summed E-state index contributed by atoms with van der Waals surface area (Å²) < 4.78 is 0. The molecule has 1 heterocycles. The van der Waals surface area contributed by atoms with Crippen LogP contribution in [-0.2, 0) is 6.54 Å². The fraction of sp³-hybridized carbons (Fsp3) is 0.438. The van der Waals surface area contributed by atoms with Gasteiger partial charge in [0.1, 0.15) is 0 Å². The minimum atomic E-state index is 0.598. The van der Waals surface area contributed by atoms with Crippen molar-refractivity contribution in [2.75, 3.05) is 20.1 Å². The highest BCUT2D eigenvalue weighted by Gasteiger charge is 2.02. The van der Waals surface area contributed by atoms with Gasteiger partial charge >= 0.3 is 0 Å². The summed E-state index contributed by atoms with van der Waals surface area (Å²) in [5, 5.41) is 4.65. The van der Waals surface area contributed by atoms with Gasteiger partial charge < -0.3 is 10.2 Å². The third-order valence-electron chi connectivity index (χ3n) is 3.49. The molecule has 0 amide bonds. The number of aromatic nitrogens is 1. The monoisotopic (exact) mass is 257 g/mol. The average Bonchev–Trinajstić information content (AvgIpc) is 2.43. The van der Waals surface area contributed by atoms with Gasteiger partial charge in [-0.25, -0.2) is 0 Å². The van der Waals surface area contributed by atoms with Gasteiger partial charge in [-0.2, -0.15) is 0 Å². The van der Waals surface area contributed by atoms with Crippen molar-refractivity contribution in [2.45, 2.75) is 26.4 Å². The van der Waals surface area contributed by atoms with Crippen LogP contribution in [-0.4, -0.2) is 36.1 Å². The number of para-hydroxylation sites is 1. The number of likely N-dealkylation sites (N-methyl/N-ethyl adjacent to an activating group) is 1. The van der Waals surface area contributed by atoms with Gasteiger partial charge in [0.25, 0.3) is 0 Å². The second-order valence-corrected chi connectivity index (χ2v) is 5.25.